The maximum absolute atomic E-state index is 6.66. The van der Waals surface area contributed by atoms with Gasteiger partial charge in [-0.1, -0.05) is 140 Å². The number of nitrogens with zero attached hydrogens (tertiary/aromatic N) is 1. The Balaban J connectivity index is 1.09. The van der Waals surface area contributed by atoms with Gasteiger partial charge in [0, 0.05) is 33.4 Å². The molecule has 1 aromatic heterocycles. The predicted molar refractivity (Wildman–Crippen MR) is 229 cm³/mol. The van der Waals surface area contributed by atoms with E-state index < -0.39 is 0 Å². The summed E-state index contributed by atoms with van der Waals surface area (Å²) in [6.45, 7) is 0. The summed E-state index contributed by atoms with van der Waals surface area (Å²) in [7, 11) is 0. The summed E-state index contributed by atoms with van der Waals surface area (Å²) >= 11 is 0. The molecule has 0 radical (unpaired) electrons. The van der Waals surface area contributed by atoms with Crippen LogP contribution in [-0.2, 0) is 0 Å². The molecule has 1 heterocycles. The molecule has 0 saturated heterocycles. The van der Waals surface area contributed by atoms with Crippen molar-refractivity contribution in [2.24, 2.45) is 0 Å². The lowest BCUT2D eigenvalue weighted by molar-refractivity contribution is 0.670. The maximum Gasteiger partial charge on any atom is 0.143 e. The summed E-state index contributed by atoms with van der Waals surface area (Å²) in [5.74, 6) is 0. The Bertz CT molecular complexity index is 3210. The molecule has 2 nitrogen and oxygen atoms in total. The summed E-state index contributed by atoms with van der Waals surface area (Å²) in [4.78, 5) is 2.36. The third-order valence-corrected chi connectivity index (χ3v) is 11.0. The van der Waals surface area contributed by atoms with Crippen molar-refractivity contribution < 1.29 is 4.42 Å². The number of furan rings is 1. The summed E-state index contributed by atoms with van der Waals surface area (Å²) < 4.78 is 6.66. The number of rotatable bonds is 5. The van der Waals surface area contributed by atoms with E-state index >= 15 is 0 Å². The zero-order valence-corrected chi connectivity index (χ0v) is 29.4. The van der Waals surface area contributed by atoms with E-state index in [1.54, 1.807) is 0 Å². The van der Waals surface area contributed by atoms with Gasteiger partial charge < -0.3 is 9.32 Å². The van der Waals surface area contributed by atoms with E-state index in [1.807, 2.05) is 6.07 Å². The molecule has 0 amide bonds. The molecule has 10 aromatic carbocycles. The zero-order valence-electron chi connectivity index (χ0n) is 29.4. The van der Waals surface area contributed by atoms with Gasteiger partial charge in [0.25, 0.3) is 0 Å². The Morgan fingerprint density at radius 2 is 0.926 bits per heavy atom. The monoisotopic (exact) mass is 687 g/mol. The fourth-order valence-corrected chi connectivity index (χ4v) is 8.44. The number of anilines is 3. The van der Waals surface area contributed by atoms with E-state index in [9.17, 15) is 0 Å². The Morgan fingerprint density at radius 3 is 1.76 bits per heavy atom. The predicted octanol–water partition coefficient (Wildman–Crippen LogP) is 15.0. The highest BCUT2D eigenvalue weighted by molar-refractivity contribution is 6.23. The number of hydrogen-bond donors (Lipinski definition) is 0. The second-order valence-electron chi connectivity index (χ2n) is 14.1. The number of para-hydroxylation sites is 2. The third kappa shape index (κ3) is 4.88. The molecule has 0 fully saturated rings. The molecule has 0 aliphatic carbocycles. The molecule has 0 atom stereocenters. The minimum atomic E-state index is 0.899. The SMILES string of the molecule is c1ccc(N(c2ccc(-c3cc4ccccc4c4ccccc34)cc2)c2ccc3c(c2)cc(-c2ccc4ccccc4c2)c2oc4ccccc4c23)cc1. The quantitative estimate of drug-likeness (QED) is 0.168. The highest BCUT2D eigenvalue weighted by Gasteiger charge is 2.19. The topological polar surface area (TPSA) is 16.4 Å². The second-order valence-corrected chi connectivity index (χ2v) is 14.1. The van der Waals surface area contributed by atoms with Crippen LogP contribution in [0.2, 0.25) is 0 Å². The molecule has 54 heavy (non-hydrogen) atoms. The van der Waals surface area contributed by atoms with E-state index in [2.05, 4.69) is 199 Å². The molecule has 0 spiro atoms. The molecular formula is C52H33NO. The largest absolute Gasteiger partial charge is 0.455 e. The van der Waals surface area contributed by atoms with Crippen molar-refractivity contribution in [3.63, 3.8) is 0 Å². The molecule has 0 unspecified atom stereocenters. The lowest BCUT2D eigenvalue weighted by Crippen LogP contribution is -2.09. The summed E-state index contributed by atoms with van der Waals surface area (Å²) in [6.07, 6.45) is 0. The number of benzene rings is 10. The van der Waals surface area contributed by atoms with Crippen LogP contribution in [0.15, 0.2) is 205 Å². The van der Waals surface area contributed by atoms with Crippen molar-refractivity contribution in [1.82, 2.24) is 0 Å². The Hall–Kier alpha value is -7.16. The molecule has 2 heteroatoms. The van der Waals surface area contributed by atoms with E-state index in [-0.39, 0.29) is 0 Å². The molecule has 0 aliphatic rings. The average Bonchev–Trinajstić information content (AvgIpc) is 3.64. The van der Waals surface area contributed by atoms with Crippen LogP contribution >= 0.6 is 0 Å². The first-order valence-corrected chi connectivity index (χ1v) is 18.5. The number of fused-ring (bicyclic) bond motifs is 9. The standard InChI is InChI=1S/C52H33NO/c1-2-15-40(16-3-1)53(41-26-24-35(25-27-41)48-32-37-14-6-7-17-43(37)45-18-8-9-19-46(45)48)42-28-29-44-39(31-42)33-49(38-23-22-34-12-4-5-13-36(34)30-38)52-51(44)47-20-10-11-21-50(47)54-52/h1-33H. The van der Waals surface area contributed by atoms with Crippen molar-refractivity contribution in [3.05, 3.63) is 200 Å². The smallest absolute Gasteiger partial charge is 0.143 e. The highest BCUT2D eigenvalue weighted by Crippen LogP contribution is 2.44. The van der Waals surface area contributed by atoms with Gasteiger partial charge in [0.2, 0.25) is 0 Å². The fourth-order valence-electron chi connectivity index (χ4n) is 8.44. The third-order valence-electron chi connectivity index (χ3n) is 11.0. The van der Waals surface area contributed by atoms with Gasteiger partial charge in [-0.2, -0.15) is 0 Å². The van der Waals surface area contributed by atoms with Gasteiger partial charge in [-0.25, -0.2) is 0 Å². The van der Waals surface area contributed by atoms with E-state index in [0.29, 0.717) is 0 Å². The summed E-state index contributed by atoms with van der Waals surface area (Å²) in [5.41, 5.74) is 9.78. The minimum Gasteiger partial charge on any atom is -0.455 e. The molecule has 252 valence electrons. The summed E-state index contributed by atoms with van der Waals surface area (Å²) in [5, 5.41) is 12.1. The van der Waals surface area contributed by atoms with Gasteiger partial charge in [0.15, 0.2) is 0 Å². The lowest BCUT2D eigenvalue weighted by Gasteiger charge is -2.26. The summed E-state index contributed by atoms with van der Waals surface area (Å²) in [6, 6.07) is 72.2. The van der Waals surface area contributed by atoms with Gasteiger partial charge >= 0.3 is 0 Å². The molecule has 0 saturated carbocycles. The first kappa shape index (κ1) is 30.5. The van der Waals surface area contributed by atoms with Crippen molar-refractivity contribution in [3.8, 4) is 22.3 Å². The van der Waals surface area contributed by atoms with E-state index in [4.69, 9.17) is 4.42 Å². The van der Waals surface area contributed by atoms with Crippen LogP contribution in [0.25, 0.3) is 87.3 Å². The van der Waals surface area contributed by atoms with Crippen LogP contribution in [0.1, 0.15) is 0 Å². The normalized spacial score (nSPS) is 11.7. The van der Waals surface area contributed by atoms with Crippen LogP contribution in [-0.4, -0.2) is 0 Å². The van der Waals surface area contributed by atoms with Crippen molar-refractivity contribution in [2.45, 2.75) is 0 Å². The van der Waals surface area contributed by atoms with Crippen LogP contribution < -0.4 is 4.90 Å². The Kier molecular flexibility index (Phi) is 6.90. The van der Waals surface area contributed by atoms with Gasteiger partial charge in [-0.3, -0.25) is 0 Å². The minimum absolute atomic E-state index is 0.899. The maximum atomic E-state index is 6.66. The second kappa shape index (κ2) is 12.2. The van der Waals surface area contributed by atoms with Crippen molar-refractivity contribution >= 4 is 82.1 Å². The first-order chi connectivity index (χ1) is 26.8. The lowest BCUT2D eigenvalue weighted by atomic mass is 9.93. The van der Waals surface area contributed by atoms with Crippen LogP contribution in [0.3, 0.4) is 0 Å². The van der Waals surface area contributed by atoms with Gasteiger partial charge in [0.05, 0.1) is 0 Å². The molecule has 0 aliphatic heterocycles. The molecule has 0 N–H and O–H groups in total. The zero-order chi connectivity index (χ0) is 35.6. The van der Waals surface area contributed by atoms with Crippen LogP contribution in [0.5, 0.6) is 0 Å². The van der Waals surface area contributed by atoms with Crippen LogP contribution in [0.4, 0.5) is 17.1 Å². The highest BCUT2D eigenvalue weighted by atomic mass is 16.3. The Labute approximate surface area is 312 Å². The van der Waals surface area contributed by atoms with Gasteiger partial charge in [-0.15, -0.1) is 0 Å². The van der Waals surface area contributed by atoms with Gasteiger partial charge in [-0.05, 0) is 120 Å². The van der Waals surface area contributed by atoms with E-state index in [1.165, 1.54) is 48.8 Å². The average molecular weight is 688 g/mol. The van der Waals surface area contributed by atoms with Gasteiger partial charge in [0.1, 0.15) is 11.2 Å². The molecule has 11 rings (SSSR count). The van der Waals surface area contributed by atoms with Crippen LogP contribution in [0, 0.1) is 0 Å². The van der Waals surface area contributed by atoms with Crippen molar-refractivity contribution in [1.29, 1.82) is 0 Å². The number of hydrogen-bond acceptors (Lipinski definition) is 2. The fraction of sp³-hybridized carbons (Fsp3) is 0. The van der Waals surface area contributed by atoms with E-state index in [0.717, 1.165) is 55.5 Å². The Morgan fingerprint density at radius 1 is 0.315 bits per heavy atom. The molecule has 0 bridgehead atoms. The molecular weight excluding hydrogens is 655 g/mol. The first-order valence-electron chi connectivity index (χ1n) is 18.5. The van der Waals surface area contributed by atoms with Crippen molar-refractivity contribution in [2.75, 3.05) is 4.90 Å². The molecule has 11 aromatic rings.